The molecule has 1 atom stereocenters. The number of carbonyl (C=O) groups is 1. The number of aromatic nitrogens is 1. The van der Waals surface area contributed by atoms with Crippen molar-refractivity contribution in [3.8, 4) is 11.6 Å². The Bertz CT molecular complexity index is 737. The fraction of sp³-hybridized carbons (Fsp3) is 0.294. The summed E-state index contributed by atoms with van der Waals surface area (Å²) >= 11 is 12.0. The van der Waals surface area contributed by atoms with Crippen molar-refractivity contribution in [1.82, 2.24) is 9.88 Å². The molecule has 1 saturated heterocycles. The summed E-state index contributed by atoms with van der Waals surface area (Å²) in [4.78, 5) is 18.4. The Labute approximate surface area is 150 Å². The van der Waals surface area contributed by atoms with Gasteiger partial charge in [0.25, 0.3) is 5.91 Å². The number of halogens is 2. The molecular formula is C17H17Cl2N3O2. The first kappa shape index (κ1) is 17.0. The number of hydrogen-bond acceptors (Lipinski definition) is 4. The highest BCUT2D eigenvalue weighted by Gasteiger charge is 2.22. The second-order valence-corrected chi connectivity index (χ2v) is 6.48. The molecule has 126 valence electrons. The Morgan fingerprint density at radius 1 is 1.29 bits per heavy atom. The summed E-state index contributed by atoms with van der Waals surface area (Å²) < 4.78 is 5.61. The molecule has 1 unspecified atom stereocenters. The van der Waals surface area contributed by atoms with E-state index in [2.05, 4.69) is 4.98 Å². The minimum atomic E-state index is -0.0648. The molecule has 1 amide bonds. The normalized spacial score (nSPS) is 17.6. The molecule has 0 aliphatic carbocycles. The highest BCUT2D eigenvalue weighted by Crippen LogP contribution is 2.34. The average Bonchev–Trinajstić information content (AvgIpc) is 2.59. The summed E-state index contributed by atoms with van der Waals surface area (Å²) in [5, 5.41) is 0.728. The number of carbonyl (C=O) groups excluding carboxylic acids is 1. The SMILES string of the molecule is NC1CCCN(C(=O)c2ccc(Oc3cccc(Cl)c3Cl)nc2)C1. The molecule has 0 saturated carbocycles. The molecule has 2 aromatic rings. The number of amides is 1. The third-order valence-corrected chi connectivity index (χ3v) is 4.66. The lowest BCUT2D eigenvalue weighted by Gasteiger charge is -2.30. The van der Waals surface area contributed by atoms with E-state index >= 15 is 0 Å². The molecule has 0 radical (unpaired) electrons. The minimum absolute atomic E-state index is 0.0447. The van der Waals surface area contributed by atoms with E-state index in [4.69, 9.17) is 33.7 Å². The predicted octanol–water partition coefficient (Wildman–Crippen LogP) is 3.74. The number of nitrogens with zero attached hydrogens (tertiary/aromatic N) is 2. The second kappa shape index (κ2) is 7.38. The van der Waals surface area contributed by atoms with Gasteiger partial charge in [0.1, 0.15) is 10.8 Å². The van der Waals surface area contributed by atoms with Gasteiger partial charge in [-0.25, -0.2) is 4.98 Å². The van der Waals surface area contributed by atoms with Crippen molar-refractivity contribution in [2.24, 2.45) is 5.73 Å². The Kier molecular flexibility index (Phi) is 5.23. The van der Waals surface area contributed by atoms with Crippen LogP contribution in [0.1, 0.15) is 23.2 Å². The molecule has 0 spiro atoms. The summed E-state index contributed by atoms with van der Waals surface area (Å²) in [6, 6.07) is 8.47. The van der Waals surface area contributed by atoms with Crippen LogP contribution in [-0.2, 0) is 0 Å². The lowest BCUT2D eigenvalue weighted by Crippen LogP contribution is -2.45. The van der Waals surface area contributed by atoms with E-state index in [9.17, 15) is 4.79 Å². The molecule has 3 rings (SSSR count). The Balaban J connectivity index is 1.71. The fourth-order valence-electron chi connectivity index (χ4n) is 2.62. The summed E-state index contributed by atoms with van der Waals surface area (Å²) in [5.41, 5.74) is 6.43. The van der Waals surface area contributed by atoms with Gasteiger partial charge < -0.3 is 15.4 Å². The Morgan fingerprint density at radius 2 is 2.12 bits per heavy atom. The summed E-state index contributed by atoms with van der Waals surface area (Å²) in [6.07, 6.45) is 3.38. The van der Waals surface area contributed by atoms with Crippen LogP contribution in [-0.4, -0.2) is 34.9 Å². The predicted molar refractivity (Wildman–Crippen MR) is 93.9 cm³/mol. The number of pyridine rings is 1. The maximum Gasteiger partial charge on any atom is 0.255 e. The first-order valence-corrected chi connectivity index (χ1v) is 8.43. The number of piperidine rings is 1. The average molecular weight is 366 g/mol. The highest BCUT2D eigenvalue weighted by atomic mass is 35.5. The van der Waals surface area contributed by atoms with Crippen LogP contribution in [0.25, 0.3) is 0 Å². The molecule has 1 aliphatic heterocycles. The number of nitrogens with two attached hydrogens (primary N) is 1. The second-order valence-electron chi connectivity index (χ2n) is 5.69. The zero-order valence-corrected chi connectivity index (χ0v) is 14.4. The molecule has 1 fully saturated rings. The van der Waals surface area contributed by atoms with Gasteiger partial charge in [-0.2, -0.15) is 0 Å². The quantitative estimate of drug-likeness (QED) is 0.899. The van der Waals surface area contributed by atoms with Crippen molar-refractivity contribution in [2.45, 2.75) is 18.9 Å². The standard InChI is InChI=1S/C17H17Cl2N3O2/c18-13-4-1-5-14(16(13)19)24-15-7-6-11(9-21-15)17(23)22-8-2-3-12(20)10-22/h1,4-7,9,12H,2-3,8,10,20H2. The van der Waals surface area contributed by atoms with E-state index in [-0.39, 0.29) is 11.9 Å². The van der Waals surface area contributed by atoms with Gasteiger partial charge in [0.15, 0.2) is 0 Å². The zero-order valence-electron chi connectivity index (χ0n) is 12.9. The van der Waals surface area contributed by atoms with Gasteiger partial charge in [-0.15, -0.1) is 0 Å². The van der Waals surface area contributed by atoms with Gasteiger partial charge in [-0.3, -0.25) is 4.79 Å². The van der Waals surface area contributed by atoms with E-state index < -0.39 is 0 Å². The molecule has 24 heavy (non-hydrogen) atoms. The third-order valence-electron chi connectivity index (χ3n) is 3.86. The van der Waals surface area contributed by atoms with Gasteiger partial charge in [-0.05, 0) is 31.0 Å². The van der Waals surface area contributed by atoms with E-state index in [0.717, 1.165) is 19.4 Å². The van der Waals surface area contributed by atoms with E-state index in [1.165, 1.54) is 6.20 Å². The largest absolute Gasteiger partial charge is 0.437 e. The van der Waals surface area contributed by atoms with Crippen LogP contribution in [0, 0.1) is 0 Å². The van der Waals surface area contributed by atoms with Crippen molar-refractivity contribution >= 4 is 29.1 Å². The fourth-order valence-corrected chi connectivity index (χ4v) is 2.95. The van der Waals surface area contributed by atoms with Crippen LogP contribution in [0.4, 0.5) is 0 Å². The highest BCUT2D eigenvalue weighted by molar-refractivity contribution is 6.42. The Hall–Kier alpha value is -1.82. The molecular weight excluding hydrogens is 349 g/mol. The molecule has 1 aromatic heterocycles. The van der Waals surface area contributed by atoms with Crippen LogP contribution < -0.4 is 10.5 Å². The summed E-state index contributed by atoms with van der Waals surface area (Å²) in [6.45, 7) is 1.30. The molecule has 2 N–H and O–H groups in total. The molecule has 1 aliphatic rings. The van der Waals surface area contributed by atoms with E-state index in [0.29, 0.717) is 33.8 Å². The van der Waals surface area contributed by atoms with Gasteiger partial charge in [0, 0.05) is 31.4 Å². The van der Waals surface area contributed by atoms with Crippen LogP contribution in [0.5, 0.6) is 11.6 Å². The van der Waals surface area contributed by atoms with Crippen LogP contribution >= 0.6 is 23.2 Å². The van der Waals surface area contributed by atoms with Crippen LogP contribution in [0.3, 0.4) is 0 Å². The topological polar surface area (TPSA) is 68.5 Å². The van der Waals surface area contributed by atoms with Gasteiger partial charge >= 0.3 is 0 Å². The van der Waals surface area contributed by atoms with Crippen LogP contribution in [0.15, 0.2) is 36.5 Å². The maximum absolute atomic E-state index is 12.5. The first-order chi connectivity index (χ1) is 11.5. The smallest absolute Gasteiger partial charge is 0.255 e. The van der Waals surface area contributed by atoms with Crippen molar-refractivity contribution in [2.75, 3.05) is 13.1 Å². The van der Waals surface area contributed by atoms with Crippen molar-refractivity contribution in [3.63, 3.8) is 0 Å². The molecule has 1 aromatic carbocycles. The maximum atomic E-state index is 12.5. The molecule has 5 nitrogen and oxygen atoms in total. The number of benzene rings is 1. The van der Waals surface area contributed by atoms with E-state index in [1.54, 1.807) is 35.2 Å². The molecule has 0 bridgehead atoms. The van der Waals surface area contributed by atoms with Crippen molar-refractivity contribution in [3.05, 3.63) is 52.1 Å². The zero-order chi connectivity index (χ0) is 17.1. The van der Waals surface area contributed by atoms with Crippen molar-refractivity contribution in [1.29, 1.82) is 0 Å². The van der Waals surface area contributed by atoms with Crippen LogP contribution in [0.2, 0.25) is 10.0 Å². The number of rotatable bonds is 3. The lowest BCUT2D eigenvalue weighted by atomic mass is 10.1. The van der Waals surface area contributed by atoms with Gasteiger partial charge in [0.05, 0.1) is 10.6 Å². The van der Waals surface area contributed by atoms with Crippen molar-refractivity contribution < 1.29 is 9.53 Å². The summed E-state index contributed by atoms with van der Waals surface area (Å²) in [5.74, 6) is 0.689. The Morgan fingerprint density at radius 3 is 2.83 bits per heavy atom. The lowest BCUT2D eigenvalue weighted by molar-refractivity contribution is 0.0708. The number of likely N-dealkylation sites (tertiary alicyclic amines) is 1. The van der Waals surface area contributed by atoms with Gasteiger partial charge in [-0.1, -0.05) is 29.3 Å². The van der Waals surface area contributed by atoms with Gasteiger partial charge in [0.2, 0.25) is 5.88 Å². The van der Waals surface area contributed by atoms with E-state index in [1.807, 2.05) is 0 Å². The molecule has 7 heteroatoms. The number of ether oxygens (including phenoxy) is 1. The number of hydrogen-bond donors (Lipinski definition) is 1. The third kappa shape index (κ3) is 3.80. The molecule has 2 heterocycles. The first-order valence-electron chi connectivity index (χ1n) is 7.67. The monoisotopic (exact) mass is 365 g/mol. The minimum Gasteiger partial charge on any atom is -0.437 e. The summed E-state index contributed by atoms with van der Waals surface area (Å²) in [7, 11) is 0.